The van der Waals surface area contributed by atoms with Gasteiger partial charge in [0.25, 0.3) is 0 Å². The highest BCUT2D eigenvalue weighted by Crippen LogP contribution is 2.17. The van der Waals surface area contributed by atoms with Crippen LogP contribution >= 0.6 is 0 Å². The van der Waals surface area contributed by atoms with Crippen molar-refractivity contribution in [2.75, 3.05) is 32.8 Å². The molecule has 4 heteroatoms. The van der Waals surface area contributed by atoms with Crippen LogP contribution in [0.4, 0.5) is 0 Å². The molecule has 1 aliphatic rings. The van der Waals surface area contributed by atoms with Crippen molar-refractivity contribution in [3.05, 3.63) is 35.9 Å². The molecule has 2 rings (SSSR count). The standard InChI is InChI=1S/C12H24N2O2.C10H14/c1-4-11(15)13(6-3)7-8-14-9-10-16-12(14)5-2;1-3-9(2)10-7-5-4-6-8-10/h12H,4-10H2,1-3H3;4-9H,3H2,1-2H3. The van der Waals surface area contributed by atoms with Crippen LogP contribution in [0, 0.1) is 0 Å². The lowest BCUT2D eigenvalue weighted by Crippen LogP contribution is -2.40. The number of benzene rings is 1. The van der Waals surface area contributed by atoms with E-state index in [4.69, 9.17) is 4.74 Å². The minimum atomic E-state index is 0.246. The maximum Gasteiger partial charge on any atom is 0.222 e. The van der Waals surface area contributed by atoms with Gasteiger partial charge in [-0.25, -0.2) is 0 Å². The quantitative estimate of drug-likeness (QED) is 0.682. The van der Waals surface area contributed by atoms with Gasteiger partial charge in [-0.3, -0.25) is 9.69 Å². The summed E-state index contributed by atoms with van der Waals surface area (Å²) in [4.78, 5) is 15.8. The monoisotopic (exact) mass is 362 g/mol. The first-order valence-corrected chi connectivity index (χ1v) is 10.3. The lowest BCUT2D eigenvalue weighted by molar-refractivity contribution is -0.131. The first-order chi connectivity index (χ1) is 12.6. The molecule has 0 radical (unpaired) electrons. The average Bonchev–Trinajstić information content (AvgIpc) is 3.16. The molecule has 0 spiro atoms. The zero-order chi connectivity index (χ0) is 19.4. The average molecular weight is 363 g/mol. The Morgan fingerprint density at radius 2 is 1.92 bits per heavy atom. The molecule has 26 heavy (non-hydrogen) atoms. The first kappa shape index (κ1) is 22.7. The van der Waals surface area contributed by atoms with Crippen molar-refractivity contribution in [1.82, 2.24) is 9.80 Å². The van der Waals surface area contributed by atoms with E-state index in [2.05, 4.69) is 56.0 Å². The molecular weight excluding hydrogens is 324 g/mol. The van der Waals surface area contributed by atoms with Crippen LogP contribution in [0.25, 0.3) is 0 Å². The van der Waals surface area contributed by atoms with Crippen LogP contribution in [-0.4, -0.2) is 54.7 Å². The van der Waals surface area contributed by atoms with Gasteiger partial charge in [0.05, 0.1) is 6.61 Å². The van der Waals surface area contributed by atoms with Crippen molar-refractivity contribution in [1.29, 1.82) is 0 Å². The number of rotatable bonds is 8. The van der Waals surface area contributed by atoms with E-state index in [0.29, 0.717) is 12.3 Å². The third-order valence-corrected chi connectivity index (χ3v) is 5.12. The second-order valence-corrected chi connectivity index (χ2v) is 6.82. The molecule has 2 unspecified atom stereocenters. The van der Waals surface area contributed by atoms with Gasteiger partial charge in [-0.05, 0) is 31.2 Å². The maximum absolute atomic E-state index is 11.6. The summed E-state index contributed by atoms with van der Waals surface area (Å²) in [5.41, 5.74) is 1.45. The van der Waals surface area contributed by atoms with Crippen molar-refractivity contribution < 1.29 is 9.53 Å². The Labute approximate surface area is 160 Å². The molecule has 0 bridgehead atoms. The summed E-state index contributed by atoms with van der Waals surface area (Å²) in [5, 5.41) is 0. The Kier molecular flexibility index (Phi) is 11.2. The van der Waals surface area contributed by atoms with E-state index >= 15 is 0 Å². The third kappa shape index (κ3) is 7.46. The topological polar surface area (TPSA) is 32.8 Å². The van der Waals surface area contributed by atoms with Crippen LogP contribution in [0.5, 0.6) is 0 Å². The minimum absolute atomic E-state index is 0.246. The number of amides is 1. The van der Waals surface area contributed by atoms with Gasteiger partial charge in [-0.15, -0.1) is 0 Å². The zero-order valence-corrected chi connectivity index (χ0v) is 17.4. The van der Waals surface area contributed by atoms with Crippen LogP contribution in [-0.2, 0) is 9.53 Å². The number of nitrogens with zero attached hydrogens (tertiary/aromatic N) is 2. The summed E-state index contributed by atoms with van der Waals surface area (Å²) in [5.74, 6) is 0.955. The van der Waals surface area contributed by atoms with Crippen LogP contribution in [0.15, 0.2) is 30.3 Å². The lowest BCUT2D eigenvalue weighted by Gasteiger charge is -2.26. The molecule has 1 amide bonds. The number of likely N-dealkylation sites (N-methyl/N-ethyl adjacent to an activating group) is 1. The Bertz CT molecular complexity index is 492. The van der Waals surface area contributed by atoms with Gasteiger partial charge >= 0.3 is 0 Å². The van der Waals surface area contributed by atoms with E-state index in [1.165, 1.54) is 12.0 Å². The van der Waals surface area contributed by atoms with Gasteiger partial charge in [-0.2, -0.15) is 0 Å². The van der Waals surface area contributed by atoms with Crippen molar-refractivity contribution in [3.63, 3.8) is 0 Å². The summed E-state index contributed by atoms with van der Waals surface area (Å²) < 4.78 is 5.59. The fourth-order valence-corrected chi connectivity index (χ4v) is 3.14. The smallest absolute Gasteiger partial charge is 0.222 e. The second kappa shape index (κ2) is 12.9. The fourth-order valence-electron chi connectivity index (χ4n) is 3.14. The van der Waals surface area contributed by atoms with Crippen LogP contribution < -0.4 is 0 Å². The third-order valence-electron chi connectivity index (χ3n) is 5.12. The Balaban J connectivity index is 0.000000289. The van der Waals surface area contributed by atoms with E-state index in [1.807, 2.05) is 18.7 Å². The molecule has 1 aromatic rings. The Morgan fingerprint density at radius 3 is 2.46 bits per heavy atom. The molecule has 4 nitrogen and oxygen atoms in total. The van der Waals surface area contributed by atoms with E-state index in [9.17, 15) is 4.79 Å². The Hall–Kier alpha value is -1.39. The largest absolute Gasteiger partial charge is 0.362 e. The molecule has 2 atom stereocenters. The highest BCUT2D eigenvalue weighted by atomic mass is 16.5. The van der Waals surface area contributed by atoms with Crippen molar-refractivity contribution in [2.45, 2.75) is 66.0 Å². The lowest BCUT2D eigenvalue weighted by atomic mass is 9.99. The molecule has 0 saturated carbocycles. The van der Waals surface area contributed by atoms with Gasteiger partial charge in [0.2, 0.25) is 5.91 Å². The van der Waals surface area contributed by atoms with Gasteiger partial charge < -0.3 is 9.64 Å². The molecule has 1 heterocycles. The molecule has 1 aliphatic heterocycles. The minimum Gasteiger partial charge on any atom is -0.362 e. The van der Waals surface area contributed by atoms with Gasteiger partial charge in [0, 0.05) is 32.6 Å². The molecule has 1 fully saturated rings. The summed E-state index contributed by atoms with van der Waals surface area (Å²) >= 11 is 0. The molecule has 148 valence electrons. The van der Waals surface area contributed by atoms with Crippen LogP contribution in [0.2, 0.25) is 0 Å². The SMILES string of the molecule is CCC(=O)N(CC)CCN1CCOC1CC.CCC(C)c1ccccc1. The van der Waals surface area contributed by atoms with Gasteiger partial charge in [-0.1, -0.05) is 58.0 Å². The summed E-state index contributed by atoms with van der Waals surface area (Å²) in [6.45, 7) is 14.9. The van der Waals surface area contributed by atoms with E-state index < -0.39 is 0 Å². The zero-order valence-electron chi connectivity index (χ0n) is 17.4. The van der Waals surface area contributed by atoms with Crippen molar-refractivity contribution in [2.24, 2.45) is 0 Å². The number of carbonyl (C=O) groups is 1. The van der Waals surface area contributed by atoms with E-state index in [1.54, 1.807) is 0 Å². The maximum atomic E-state index is 11.6. The van der Waals surface area contributed by atoms with E-state index in [-0.39, 0.29) is 12.1 Å². The molecule has 1 aromatic carbocycles. The normalized spacial score (nSPS) is 18.1. The predicted molar refractivity (Wildman–Crippen MR) is 109 cm³/mol. The molecule has 0 N–H and O–H groups in total. The fraction of sp³-hybridized carbons (Fsp3) is 0.682. The molecular formula is C22H38N2O2. The summed E-state index contributed by atoms with van der Waals surface area (Å²) in [7, 11) is 0. The second-order valence-electron chi connectivity index (χ2n) is 6.82. The highest BCUT2D eigenvalue weighted by molar-refractivity contribution is 5.75. The van der Waals surface area contributed by atoms with E-state index in [0.717, 1.165) is 39.2 Å². The number of carbonyl (C=O) groups excluding carboxylic acids is 1. The molecule has 1 saturated heterocycles. The van der Waals surface area contributed by atoms with Crippen molar-refractivity contribution in [3.8, 4) is 0 Å². The number of ether oxygens (including phenoxy) is 1. The van der Waals surface area contributed by atoms with Gasteiger partial charge in [0.1, 0.15) is 6.23 Å². The summed E-state index contributed by atoms with van der Waals surface area (Å²) in [6.07, 6.45) is 3.11. The Morgan fingerprint density at radius 1 is 1.23 bits per heavy atom. The molecule has 0 aliphatic carbocycles. The highest BCUT2D eigenvalue weighted by Gasteiger charge is 2.23. The van der Waals surface area contributed by atoms with Gasteiger partial charge in [0.15, 0.2) is 0 Å². The van der Waals surface area contributed by atoms with Crippen LogP contribution in [0.1, 0.15) is 65.4 Å². The van der Waals surface area contributed by atoms with Crippen LogP contribution in [0.3, 0.4) is 0 Å². The van der Waals surface area contributed by atoms with Crippen molar-refractivity contribution >= 4 is 5.91 Å². The predicted octanol–water partition coefficient (Wildman–Crippen LogP) is 4.51. The number of hydrogen-bond acceptors (Lipinski definition) is 3. The first-order valence-electron chi connectivity index (χ1n) is 10.3. The summed E-state index contributed by atoms with van der Waals surface area (Å²) in [6, 6.07) is 10.6. The molecule has 0 aromatic heterocycles. The number of hydrogen-bond donors (Lipinski definition) is 0.